The Morgan fingerprint density at radius 2 is 0.487 bits per heavy atom. The van der Waals surface area contributed by atoms with E-state index in [-0.39, 0.29) is 31.1 Å². The molecule has 0 saturated carbocycles. The molecule has 1 unspecified atom stereocenters. The highest BCUT2D eigenvalue weighted by Gasteiger charge is 2.19. The summed E-state index contributed by atoms with van der Waals surface area (Å²) in [4.78, 5) is 38.3. The maximum Gasteiger partial charge on any atom is 0.306 e. The highest BCUT2D eigenvalue weighted by Crippen LogP contribution is 2.18. The molecule has 0 spiro atoms. The van der Waals surface area contributed by atoms with Crippen LogP contribution in [-0.4, -0.2) is 37.2 Å². The van der Waals surface area contributed by atoms with E-state index in [4.69, 9.17) is 14.2 Å². The third-order valence-corrected chi connectivity index (χ3v) is 15.4. The summed E-state index contributed by atoms with van der Waals surface area (Å²) in [5.74, 6) is -0.863. The molecule has 0 fully saturated rings. The first-order valence-electron chi connectivity index (χ1n) is 34.0. The molecule has 0 radical (unpaired) electrons. The lowest BCUT2D eigenvalue weighted by Gasteiger charge is -2.18. The van der Waals surface area contributed by atoms with Crippen molar-refractivity contribution in [2.24, 2.45) is 0 Å². The fourth-order valence-electron chi connectivity index (χ4n) is 10.2. The van der Waals surface area contributed by atoms with Gasteiger partial charge in [-0.15, -0.1) is 0 Å². The first-order valence-corrected chi connectivity index (χ1v) is 34.0. The summed E-state index contributed by atoms with van der Waals surface area (Å²) in [6, 6.07) is 0. The smallest absolute Gasteiger partial charge is 0.306 e. The van der Waals surface area contributed by atoms with Crippen LogP contribution in [0.4, 0.5) is 0 Å². The van der Waals surface area contributed by atoms with E-state index in [1.54, 1.807) is 0 Å². The normalized spacial score (nSPS) is 12.2. The lowest BCUT2D eigenvalue weighted by atomic mass is 10.0. The molecule has 0 aliphatic carbocycles. The zero-order chi connectivity index (χ0) is 55.0. The second-order valence-electron chi connectivity index (χ2n) is 23.1. The second-order valence-corrected chi connectivity index (χ2v) is 23.1. The standard InChI is InChI=1S/C70H130O6/c1-4-7-10-13-16-19-22-25-27-28-29-30-31-32-33-34-35-36-37-38-39-40-41-42-43-46-48-51-54-57-60-63-69(72)75-66-67(65-74-68(71)62-59-56-53-50-47-44-24-21-18-15-12-9-6-3)76-70(73)64-61-58-55-52-49-45-26-23-20-17-14-11-8-5-2/h14,17,23,26,28-29,67H,4-13,15-16,18-22,24-25,27,30-66H2,1-3H3/b17-14-,26-23-,29-28-. The Labute approximate surface area is 474 Å². The zero-order valence-corrected chi connectivity index (χ0v) is 51.3. The molecule has 446 valence electrons. The van der Waals surface area contributed by atoms with Crippen LogP contribution < -0.4 is 0 Å². The van der Waals surface area contributed by atoms with Gasteiger partial charge in [-0.3, -0.25) is 14.4 Å². The van der Waals surface area contributed by atoms with Crippen LogP contribution in [0.15, 0.2) is 36.5 Å². The van der Waals surface area contributed by atoms with Gasteiger partial charge in [-0.25, -0.2) is 0 Å². The van der Waals surface area contributed by atoms with Gasteiger partial charge < -0.3 is 14.2 Å². The average Bonchev–Trinajstić information content (AvgIpc) is 3.42. The van der Waals surface area contributed by atoms with Crippen LogP contribution in [-0.2, 0) is 28.6 Å². The van der Waals surface area contributed by atoms with Gasteiger partial charge in [0.25, 0.3) is 0 Å². The molecule has 1 atom stereocenters. The molecule has 0 aromatic carbocycles. The van der Waals surface area contributed by atoms with Gasteiger partial charge in [-0.05, 0) is 70.6 Å². The topological polar surface area (TPSA) is 78.9 Å². The summed E-state index contributed by atoms with van der Waals surface area (Å²) in [6.45, 7) is 6.64. The molecule has 0 heterocycles. The number of hydrogen-bond donors (Lipinski definition) is 0. The van der Waals surface area contributed by atoms with Crippen LogP contribution >= 0.6 is 0 Å². The predicted octanol–water partition coefficient (Wildman–Crippen LogP) is 23.2. The number of esters is 3. The largest absolute Gasteiger partial charge is 0.462 e. The Kier molecular flexibility index (Phi) is 63.1. The Bertz CT molecular complexity index is 1270. The summed E-state index contributed by atoms with van der Waals surface area (Å²) in [7, 11) is 0. The monoisotopic (exact) mass is 1070 g/mol. The van der Waals surface area contributed by atoms with Crippen molar-refractivity contribution in [2.45, 2.75) is 380 Å². The first kappa shape index (κ1) is 73.6. The van der Waals surface area contributed by atoms with Crippen LogP contribution in [0.1, 0.15) is 374 Å². The molecule has 0 aromatic rings. The molecule has 76 heavy (non-hydrogen) atoms. The summed E-state index contributed by atoms with van der Waals surface area (Å²) in [5, 5.41) is 0. The minimum atomic E-state index is -0.776. The Morgan fingerprint density at radius 1 is 0.263 bits per heavy atom. The molecule has 0 aromatic heterocycles. The second kappa shape index (κ2) is 65.2. The summed E-state index contributed by atoms with van der Waals surface area (Å²) >= 11 is 0. The van der Waals surface area contributed by atoms with E-state index in [0.29, 0.717) is 19.3 Å². The molecule has 6 nitrogen and oxygen atoms in total. The van der Waals surface area contributed by atoms with E-state index in [1.165, 1.54) is 250 Å². The molecule has 0 aliphatic heterocycles. The van der Waals surface area contributed by atoms with E-state index >= 15 is 0 Å². The van der Waals surface area contributed by atoms with Crippen molar-refractivity contribution in [3.63, 3.8) is 0 Å². The Hall–Kier alpha value is -2.37. The average molecular weight is 1070 g/mol. The highest BCUT2D eigenvalue weighted by atomic mass is 16.6. The third-order valence-electron chi connectivity index (χ3n) is 15.4. The number of carbonyl (C=O) groups is 3. The van der Waals surface area contributed by atoms with Crippen LogP contribution in [0.5, 0.6) is 0 Å². The maximum atomic E-state index is 12.9. The van der Waals surface area contributed by atoms with Gasteiger partial charge >= 0.3 is 17.9 Å². The van der Waals surface area contributed by atoms with Crippen LogP contribution in [0.25, 0.3) is 0 Å². The zero-order valence-electron chi connectivity index (χ0n) is 51.3. The van der Waals surface area contributed by atoms with Crippen molar-refractivity contribution < 1.29 is 28.6 Å². The Morgan fingerprint density at radius 3 is 0.776 bits per heavy atom. The lowest BCUT2D eigenvalue weighted by Crippen LogP contribution is -2.30. The fraction of sp³-hybridized carbons (Fsp3) is 0.871. The highest BCUT2D eigenvalue weighted by molar-refractivity contribution is 5.71. The van der Waals surface area contributed by atoms with Crippen molar-refractivity contribution in [1.29, 1.82) is 0 Å². The number of unbranched alkanes of at least 4 members (excludes halogenated alkanes) is 46. The maximum absolute atomic E-state index is 12.9. The molecular formula is C70H130O6. The van der Waals surface area contributed by atoms with Crippen LogP contribution in [0, 0.1) is 0 Å². The number of rotatable bonds is 63. The molecule has 0 saturated heterocycles. The molecule has 0 bridgehead atoms. The number of ether oxygens (including phenoxy) is 3. The van der Waals surface area contributed by atoms with Crippen molar-refractivity contribution in [2.75, 3.05) is 13.2 Å². The van der Waals surface area contributed by atoms with Gasteiger partial charge in [0, 0.05) is 19.3 Å². The van der Waals surface area contributed by atoms with E-state index < -0.39 is 6.10 Å². The van der Waals surface area contributed by atoms with Crippen LogP contribution in [0.2, 0.25) is 0 Å². The fourth-order valence-corrected chi connectivity index (χ4v) is 10.2. The van der Waals surface area contributed by atoms with Gasteiger partial charge in [0.15, 0.2) is 6.10 Å². The van der Waals surface area contributed by atoms with Crippen molar-refractivity contribution in [1.82, 2.24) is 0 Å². The van der Waals surface area contributed by atoms with Crippen LogP contribution in [0.3, 0.4) is 0 Å². The predicted molar refractivity (Wildman–Crippen MR) is 330 cm³/mol. The first-order chi connectivity index (χ1) is 37.5. The molecule has 0 rings (SSSR count). The van der Waals surface area contributed by atoms with Gasteiger partial charge in [-0.2, -0.15) is 0 Å². The van der Waals surface area contributed by atoms with E-state index in [0.717, 1.165) is 83.5 Å². The molecule has 0 amide bonds. The molecule has 6 heteroatoms. The van der Waals surface area contributed by atoms with Crippen molar-refractivity contribution >= 4 is 17.9 Å². The number of hydrogen-bond acceptors (Lipinski definition) is 6. The van der Waals surface area contributed by atoms with Gasteiger partial charge in [-0.1, -0.05) is 320 Å². The van der Waals surface area contributed by atoms with Gasteiger partial charge in [0.05, 0.1) is 0 Å². The van der Waals surface area contributed by atoms with Gasteiger partial charge in [0.1, 0.15) is 13.2 Å². The summed E-state index contributed by atoms with van der Waals surface area (Å²) in [6.07, 6.45) is 80.4. The van der Waals surface area contributed by atoms with Crippen molar-refractivity contribution in [3.05, 3.63) is 36.5 Å². The number of allylic oxidation sites excluding steroid dienone is 6. The summed E-state index contributed by atoms with van der Waals surface area (Å²) < 4.78 is 16.9. The molecular weight excluding hydrogens is 937 g/mol. The van der Waals surface area contributed by atoms with E-state index in [2.05, 4.69) is 57.2 Å². The molecule has 0 N–H and O–H groups in total. The van der Waals surface area contributed by atoms with Crippen molar-refractivity contribution in [3.8, 4) is 0 Å². The summed E-state index contributed by atoms with van der Waals surface area (Å²) in [5.41, 5.74) is 0. The minimum Gasteiger partial charge on any atom is -0.462 e. The minimum absolute atomic E-state index is 0.0727. The number of carbonyl (C=O) groups excluding carboxylic acids is 3. The van der Waals surface area contributed by atoms with E-state index in [1.807, 2.05) is 0 Å². The SMILES string of the molecule is CCCC/C=C\C/C=C\CCCCCCCC(=O)OC(COC(=O)CCCCCCCCCCCCCCC)COC(=O)CCCCCCCCCCCCCCCCCCCCC/C=C\CCCCCCCCCC. The van der Waals surface area contributed by atoms with E-state index in [9.17, 15) is 14.4 Å². The quantitative estimate of drug-likeness (QED) is 0.0261. The Balaban J connectivity index is 4.10. The lowest BCUT2D eigenvalue weighted by molar-refractivity contribution is -0.167. The molecule has 0 aliphatic rings. The third kappa shape index (κ3) is 62.5. The van der Waals surface area contributed by atoms with Gasteiger partial charge in [0.2, 0.25) is 0 Å².